The third-order valence-corrected chi connectivity index (χ3v) is 19.4. The molecule has 5 heteroatoms. The summed E-state index contributed by atoms with van der Waals surface area (Å²) in [6.07, 6.45) is 0. The summed E-state index contributed by atoms with van der Waals surface area (Å²) in [5.74, 6) is 0. The van der Waals surface area contributed by atoms with Crippen LogP contribution in [0, 0.1) is 0 Å². The molecule has 0 unspecified atom stereocenters. The molecular formula is C81H63N5. The molecule has 0 atom stereocenters. The quantitative estimate of drug-likeness (QED) is 0.173. The predicted octanol–water partition coefficient (Wildman–Crippen LogP) is 22.0. The number of hydrogen-bond acceptors (Lipinski definition) is 1. The number of rotatable bonds is 4. The molecule has 0 amide bonds. The van der Waals surface area contributed by atoms with Crippen LogP contribution >= 0.6 is 0 Å². The monoisotopic (exact) mass is 1110 g/mol. The third-order valence-electron chi connectivity index (χ3n) is 19.4. The minimum Gasteiger partial charge on any atom is -0.309 e. The van der Waals surface area contributed by atoms with Crippen molar-refractivity contribution in [1.29, 1.82) is 0 Å². The Morgan fingerprint density at radius 2 is 0.733 bits per heavy atom. The van der Waals surface area contributed by atoms with Crippen molar-refractivity contribution in [3.8, 4) is 33.6 Å². The Morgan fingerprint density at radius 3 is 1.31 bits per heavy atom. The van der Waals surface area contributed by atoms with Crippen LogP contribution in [0.4, 0.5) is 0 Å². The molecular weight excluding hydrogens is 1040 g/mol. The minimum absolute atomic E-state index is 0.115. The van der Waals surface area contributed by atoms with E-state index in [0.717, 1.165) is 28.1 Å². The lowest BCUT2D eigenvalue weighted by atomic mass is 9.83. The van der Waals surface area contributed by atoms with E-state index in [2.05, 4.69) is 299 Å². The van der Waals surface area contributed by atoms with E-state index in [1.807, 2.05) is 0 Å². The van der Waals surface area contributed by atoms with Gasteiger partial charge in [0.05, 0.1) is 55.2 Å². The first kappa shape index (κ1) is 49.5. The highest BCUT2D eigenvalue weighted by molar-refractivity contribution is 6.31. The van der Waals surface area contributed by atoms with Gasteiger partial charge in [-0.1, -0.05) is 172 Å². The zero-order valence-corrected chi connectivity index (χ0v) is 50.0. The van der Waals surface area contributed by atoms with Crippen LogP contribution in [0.15, 0.2) is 218 Å². The van der Waals surface area contributed by atoms with Gasteiger partial charge >= 0.3 is 0 Å². The van der Waals surface area contributed by atoms with Gasteiger partial charge < -0.3 is 13.5 Å². The Kier molecular flexibility index (Phi) is 9.71. The molecule has 0 aliphatic rings. The summed E-state index contributed by atoms with van der Waals surface area (Å²) in [5, 5.41) is 16.1. The van der Waals surface area contributed by atoms with Gasteiger partial charge in [0.2, 0.25) is 0 Å². The molecule has 0 radical (unpaired) electrons. The van der Waals surface area contributed by atoms with Gasteiger partial charge in [-0.3, -0.25) is 4.40 Å². The van der Waals surface area contributed by atoms with Crippen molar-refractivity contribution in [3.63, 3.8) is 0 Å². The number of para-hydroxylation sites is 4. The van der Waals surface area contributed by atoms with E-state index in [9.17, 15) is 0 Å². The lowest BCUT2D eigenvalue weighted by molar-refractivity contribution is 0.591. The number of nitrogens with zero attached hydrogens (tertiary/aromatic N) is 5. The van der Waals surface area contributed by atoms with Crippen molar-refractivity contribution in [2.45, 2.75) is 78.6 Å². The Bertz CT molecular complexity index is 5920. The molecule has 7 heterocycles. The van der Waals surface area contributed by atoms with Crippen molar-refractivity contribution in [1.82, 2.24) is 22.9 Å². The molecule has 86 heavy (non-hydrogen) atoms. The highest BCUT2D eigenvalue weighted by Crippen LogP contribution is 2.51. The van der Waals surface area contributed by atoms with E-state index < -0.39 is 0 Å². The molecule has 0 N–H and O–H groups in total. The summed E-state index contributed by atoms with van der Waals surface area (Å²) in [7, 11) is 0. The van der Waals surface area contributed by atoms with Crippen LogP contribution in [0.1, 0.15) is 79.0 Å². The second-order valence-corrected chi connectivity index (χ2v) is 27.6. The molecule has 18 rings (SSSR count). The zero-order chi connectivity index (χ0) is 58.0. The smallest absolute Gasteiger partial charge is 0.146 e. The Balaban J connectivity index is 0.988. The maximum absolute atomic E-state index is 6.17. The van der Waals surface area contributed by atoms with Gasteiger partial charge in [0.15, 0.2) is 0 Å². The summed E-state index contributed by atoms with van der Waals surface area (Å²) in [4.78, 5) is 6.17. The number of aromatic nitrogens is 5. The molecule has 11 aromatic carbocycles. The first-order valence-corrected chi connectivity index (χ1v) is 30.5. The summed E-state index contributed by atoms with van der Waals surface area (Å²) >= 11 is 0. The van der Waals surface area contributed by atoms with Crippen LogP contribution in [-0.4, -0.2) is 22.9 Å². The van der Waals surface area contributed by atoms with E-state index in [-0.39, 0.29) is 16.2 Å². The van der Waals surface area contributed by atoms with Gasteiger partial charge in [0, 0.05) is 81.8 Å². The lowest BCUT2D eigenvalue weighted by Gasteiger charge is -2.22. The molecule has 0 bridgehead atoms. The Hall–Kier alpha value is -9.97. The largest absolute Gasteiger partial charge is 0.309 e. The maximum atomic E-state index is 6.17. The number of hydrogen-bond donors (Lipinski definition) is 0. The van der Waals surface area contributed by atoms with Gasteiger partial charge in [-0.25, -0.2) is 4.98 Å². The number of pyridine rings is 1. The van der Waals surface area contributed by atoms with Crippen LogP contribution in [0.2, 0.25) is 0 Å². The molecule has 0 spiro atoms. The predicted molar refractivity (Wildman–Crippen MR) is 367 cm³/mol. The van der Waals surface area contributed by atoms with Crippen LogP contribution in [0.25, 0.3) is 164 Å². The van der Waals surface area contributed by atoms with Crippen molar-refractivity contribution >= 4 is 131 Å². The standard InChI is InChI=1S/C81H63N5/c1-79(2,3)49-39-57(47-32-34-69-58(36-47)55-28-18-20-30-67(55)83(69)52-23-12-10-13-24-52)74-62(40-49)63-42-51(81(7,8)9)44-66-73-71(85(74)76(63)66)45-65-64-43-50(80(4,5)6)41-61-60-37-46-22-16-17-27-54(46)72(77(60)86(75(61)64)78(65)82-73)48-33-35-70-59(38-48)56-29-19-21-31-68(56)84(70)53-25-14-11-15-26-53/h10-45H,1-9H3. The molecule has 0 saturated carbocycles. The summed E-state index contributed by atoms with van der Waals surface area (Å²) in [6.45, 7) is 21.2. The highest BCUT2D eigenvalue weighted by atomic mass is 15.0. The molecule has 7 aromatic heterocycles. The Labute approximate surface area is 498 Å². The first-order valence-electron chi connectivity index (χ1n) is 30.5. The summed E-state index contributed by atoms with van der Waals surface area (Å²) < 4.78 is 10.0. The van der Waals surface area contributed by atoms with Gasteiger partial charge in [-0.2, -0.15) is 0 Å². The molecule has 5 nitrogen and oxygen atoms in total. The second kappa shape index (κ2) is 16.9. The number of benzene rings is 11. The molecule has 412 valence electrons. The highest BCUT2D eigenvalue weighted by Gasteiger charge is 2.31. The van der Waals surface area contributed by atoms with E-state index in [1.54, 1.807) is 0 Å². The topological polar surface area (TPSA) is 31.6 Å². The zero-order valence-electron chi connectivity index (χ0n) is 50.0. The van der Waals surface area contributed by atoms with Crippen molar-refractivity contribution in [2.75, 3.05) is 0 Å². The van der Waals surface area contributed by atoms with Gasteiger partial charge in [-0.05, 0) is 164 Å². The SMILES string of the molecule is CC(C)(C)c1cc(-c2ccc3c(c2)c2ccccc2n3-c2ccccc2)c2c(c1)c1cc(C(C)(C)C)cc3c4nc5c(cc4n2c13)c1cc(C(C)(C)C)cc2c3cc4ccccc4c(-c4ccc6c(c4)c4ccccc4n6-c4ccccc4)c3n5c12. The second-order valence-electron chi connectivity index (χ2n) is 27.6. The first-order chi connectivity index (χ1) is 41.6. The lowest BCUT2D eigenvalue weighted by Crippen LogP contribution is -2.11. The van der Waals surface area contributed by atoms with E-state index in [1.165, 1.54) is 153 Å². The molecule has 0 aliphatic heterocycles. The van der Waals surface area contributed by atoms with Gasteiger partial charge in [0.25, 0.3) is 0 Å². The van der Waals surface area contributed by atoms with E-state index >= 15 is 0 Å². The Morgan fingerprint density at radius 1 is 0.291 bits per heavy atom. The van der Waals surface area contributed by atoms with Crippen molar-refractivity contribution < 1.29 is 0 Å². The van der Waals surface area contributed by atoms with Crippen LogP contribution in [0.3, 0.4) is 0 Å². The molecule has 0 saturated heterocycles. The summed E-state index contributed by atoms with van der Waals surface area (Å²) in [5.41, 5.74) is 23.5. The average molecular weight is 1110 g/mol. The van der Waals surface area contributed by atoms with Gasteiger partial charge in [-0.15, -0.1) is 0 Å². The minimum atomic E-state index is -0.131. The van der Waals surface area contributed by atoms with Crippen LogP contribution in [0.5, 0.6) is 0 Å². The maximum Gasteiger partial charge on any atom is 0.146 e. The fourth-order valence-electron chi connectivity index (χ4n) is 15.1. The third kappa shape index (κ3) is 6.68. The van der Waals surface area contributed by atoms with E-state index in [4.69, 9.17) is 4.98 Å². The van der Waals surface area contributed by atoms with Crippen LogP contribution in [-0.2, 0) is 16.2 Å². The average Bonchev–Trinajstić information content (AvgIpc) is 1.58. The fraction of sp³-hybridized carbons (Fsp3) is 0.148. The molecule has 18 aromatic rings. The summed E-state index contributed by atoms with van der Waals surface area (Å²) in [6, 6.07) is 82.7. The fourth-order valence-corrected chi connectivity index (χ4v) is 15.1. The van der Waals surface area contributed by atoms with Crippen molar-refractivity contribution in [2.24, 2.45) is 0 Å². The van der Waals surface area contributed by atoms with Gasteiger partial charge in [0.1, 0.15) is 5.65 Å². The molecule has 0 aliphatic carbocycles. The van der Waals surface area contributed by atoms with E-state index in [0.29, 0.717) is 0 Å². The van der Waals surface area contributed by atoms with Crippen molar-refractivity contribution in [3.05, 3.63) is 235 Å². The number of fused-ring (bicyclic) bond motifs is 19. The molecule has 0 fully saturated rings. The normalized spacial score (nSPS) is 13.2. The van der Waals surface area contributed by atoms with Crippen LogP contribution < -0.4 is 0 Å².